The zero-order chi connectivity index (χ0) is 26.0. The average Bonchev–Trinajstić information content (AvgIpc) is 3.28. The molecule has 0 spiro atoms. The summed E-state index contributed by atoms with van der Waals surface area (Å²) < 4.78 is 25.0. The Bertz CT molecular complexity index is 1490. The molecular formula is C26H25FN4O5. The third-order valence-electron chi connectivity index (χ3n) is 5.75. The Morgan fingerprint density at radius 3 is 2.67 bits per heavy atom. The normalized spacial score (nSPS) is 10.9. The lowest BCUT2D eigenvalue weighted by atomic mass is 9.96. The summed E-state index contributed by atoms with van der Waals surface area (Å²) in [6, 6.07) is 11.7. The van der Waals surface area contributed by atoms with E-state index >= 15 is 4.39 Å². The topological polar surface area (TPSA) is 122 Å². The van der Waals surface area contributed by atoms with Gasteiger partial charge in [-0.25, -0.2) is 14.2 Å². The summed E-state index contributed by atoms with van der Waals surface area (Å²) in [5.74, 6) is -1.26. The van der Waals surface area contributed by atoms with Crippen LogP contribution in [0.1, 0.15) is 38.6 Å². The van der Waals surface area contributed by atoms with E-state index < -0.39 is 11.6 Å². The molecule has 0 fully saturated rings. The number of pyridine rings is 1. The molecule has 186 valence electrons. The number of aromatic hydroxyl groups is 1. The van der Waals surface area contributed by atoms with Crippen molar-refractivity contribution in [3.8, 4) is 22.8 Å². The molecule has 0 bridgehead atoms. The molecule has 36 heavy (non-hydrogen) atoms. The van der Waals surface area contributed by atoms with Crippen molar-refractivity contribution in [2.75, 3.05) is 14.1 Å². The fourth-order valence-electron chi connectivity index (χ4n) is 3.85. The SMILES string of the molecule is Cc1cc(OCc2noc(=O)[nH]2)c(F)c(C)c1Cc1ccc(O)c(-c2cccc(C(=O)N(C)C)c2)n1. The number of nitrogens with zero attached hydrogens (tertiary/aromatic N) is 3. The molecule has 4 aromatic rings. The van der Waals surface area contributed by atoms with Crippen LogP contribution in [0.2, 0.25) is 0 Å². The number of aromatic amines is 1. The Kier molecular flexibility index (Phi) is 6.86. The second-order valence-electron chi connectivity index (χ2n) is 8.57. The number of rotatable bonds is 7. The first-order valence-electron chi connectivity index (χ1n) is 11.1. The first-order valence-corrected chi connectivity index (χ1v) is 11.1. The van der Waals surface area contributed by atoms with E-state index in [-0.39, 0.29) is 29.8 Å². The van der Waals surface area contributed by atoms with Crippen LogP contribution in [0.5, 0.6) is 11.5 Å². The second-order valence-corrected chi connectivity index (χ2v) is 8.57. The fraction of sp³-hybridized carbons (Fsp3) is 0.231. The maximum atomic E-state index is 15.1. The first-order chi connectivity index (χ1) is 17.1. The van der Waals surface area contributed by atoms with Crippen molar-refractivity contribution >= 4 is 5.91 Å². The molecule has 4 rings (SSSR count). The lowest BCUT2D eigenvalue weighted by Gasteiger charge is -2.15. The van der Waals surface area contributed by atoms with Gasteiger partial charge in [0, 0.05) is 37.3 Å². The molecule has 0 unspecified atom stereocenters. The van der Waals surface area contributed by atoms with Crippen molar-refractivity contribution in [2.45, 2.75) is 26.9 Å². The van der Waals surface area contributed by atoms with E-state index in [2.05, 4.69) is 19.6 Å². The lowest BCUT2D eigenvalue weighted by Crippen LogP contribution is -2.21. The van der Waals surface area contributed by atoms with Gasteiger partial charge in [0.15, 0.2) is 17.4 Å². The third kappa shape index (κ3) is 5.12. The number of hydrogen-bond acceptors (Lipinski definition) is 7. The highest BCUT2D eigenvalue weighted by atomic mass is 19.1. The van der Waals surface area contributed by atoms with Crippen molar-refractivity contribution < 1.29 is 23.6 Å². The maximum Gasteiger partial charge on any atom is 0.439 e. The summed E-state index contributed by atoms with van der Waals surface area (Å²) >= 11 is 0. The Hall–Kier alpha value is -4.47. The van der Waals surface area contributed by atoms with Gasteiger partial charge in [-0.1, -0.05) is 17.3 Å². The number of carbonyl (C=O) groups is 1. The van der Waals surface area contributed by atoms with Crippen molar-refractivity contribution in [3.05, 3.63) is 92.6 Å². The van der Waals surface area contributed by atoms with Crippen LogP contribution in [-0.2, 0) is 13.0 Å². The molecular weight excluding hydrogens is 467 g/mol. The summed E-state index contributed by atoms with van der Waals surface area (Å²) in [4.78, 5) is 31.8. The second kappa shape index (κ2) is 10.0. The highest BCUT2D eigenvalue weighted by Crippen LogP contribution is 2.31. The number of halogens is 1. The van der Waals surface area contributed by atoms with Crippen molar-refractivity contribution in [1.29, 1.82) is 0 Å². The largest absolute Gasteiger partial charge is 0.506 e. The van der Waals surface area contributed by atoms with Gasteiger partial charge in [-0.3, -0.25) is 14.3 Å². The van der Waals surface area contributed by atoms with E-state index in [1.165, 1.54) is 11.0 Å². The third-order valence-corrected chi connectivity index (χ3v) is 5.75. The number of H-pyrrole nitrogens is 1. The number of aromatic nitrogens is 3. The van der Waals surface area contributed by atoms with Crippen LogP contribution in [0.4, 0.5) is 4.39 Å². The molecule has 2 aromatic heterocycles. The maximum absolute atomic E-state index is 15.1. The molecule has 0 atom stereocenters. The average molecular weight is 493 g/mol. The number of hydrogen-bond donors (Lipinski definition) is 2. The van der Waals surface area contributed by atoms with Gasteiger partial charge in [-0.15, -0.1) is 0 Å². The molecule has 9 nitrogen and oxygen atoms in total. The summed E-state index contributed by atoms with van der Waals surface area (Å²) in [6.45, 7) is 3.34. The molecule has 0 radical (unpaired) electrons. The molecule has 2 N–H and O–H groups in total. The quantitative estimate of drug-likeness (QED) is 0.403. The van der Waals surface area contributed by atoms with Crippen LogP contribution in [0, 0.1) is 19.7 Å². The van der Waals surface area contributed by atoms with Crippen LogP contribution in [0.3, 0.4) is 0 Å². The summed E-state index contributed by atoms with van der Waals surface area (Å²) in [5, 5.41) is 14.0. The lowest BCUT2D eigenvalue weighted by molar-refractivity contribution is 0.0827. The summed E-state index contributed by atoms with van der Waals surface area (Å²) in [7, 11) is 3.33. The van der Waals surface area contributed by atoms with E-state index in [9.17, 15) is 14.7 Å². The Labute approximate surface area is 206 Å². The van der Waals surface area contributed by atoms with Crippen molar-refractivity contribution in [2.24, 2.45) is 0 Å². The molecule has 2 heterocycles. The van der Waals surface area contributed by atoms with Gasteiger partial charge in [0.05, 0.1) is 0 Å². The Morgan fingerprint density at radius 1 is 1.19 bits per heavy atom. The van der Waals surface area contributed by atoms with E-state index in [1.54, 1.807) is 57.4 Å². The van der Waals surface area contributed by atoms with Gasteiger partial charge in [0.1, 0.15) is 18.1 Å². The van der Waals surface area contributed by atoms with Crippen LogP contribution in [-0.4, -0.2) is 45.1 Å². The minimum atomic E-state index is -0.714. The monoisotopic (exact) mass is 492 g/mol. The van der Waals surface area contributed by atoms with Gasteiger partial charge in [0.2, 0.25) is 0 Å². The van der Waals surface area contributed by atoms with Gasteiger partial charge in [-0.2, -0.15) is 0 Å². The number of ether oxygens (including phenoxy) is 1. The zero-order valence-corrected chi connectivity index (χ0v) is 20.3. The molecule has 2 aromatic carbocycles. The van der Waals surface area contributed by atoms with Crippen molar-refractivity contribution in [1.82, 2.24) is 20.0 Å². The highest BCUT2D eigenvalue weighted by Gasteiger charge is 2.18. The molecule has 0 saturated carbocycles. The number of nitrogens with one attached hydrogen (secondary N) is 1. The number of amides is 1. The number of benzene rings is 2. The van der Waals surface area contributed by atoms with Gasteiger partial charge < -0.3 is 14.7 Å². The number of aryl methyl sites for hydroxylation is 1. The summed E-state index contributed by atoms with van der Waals surface area (Å²) in [6.07, 6.45) is 0.315. The predicted octanol–water partition coefficient (Wildman–Crippen LogP) is 3.76. The Morgan fingerprint density at radius 2 is 1.97 bits per heavy atom. The molecule has 1 amide bonds. The number of carbonyl (C=O) groups excluding carboxylic acids is 1. The van der Waals surface area contributed by atoms with Gasteiger partial charge in [0.25, 0.3) is 5.91 Å². The van der Waals surface area contributed by atoms with Crippen LogP contribution in [0.15, 0.2) is 51.8 Å². The molecule has 0 aliphatic carbocycles. The van der Waals surface area contributed by atoms with Crippen LogP contribution in [0.25, 0.3) is 11.3 Å². The zero-order valence-electron chi connectivity index (χ0n) is 20.3. The van der Waals surface area contributed by atoms with E-state index in [4.69, 9.17) is 4.74 Å². The van der Waals surface area contributed by atoms with E-state index in [1.807, 2.05) is 6.92 Å². The predicted molar refractivity (Wildman–Crippen MR) is 129 cm³/mol. The minimum Gasteiger partial charge on any atom is -0.506 e. The minimum absolute atomic E-state index is 0.0255. The van der Waals surface area contributed by atoms with Crippen molar-refractivity contribution in [3.63, 3.8) is 0 Å². The molecule has 10 heteroatoms. The van der Waals surface area contributed by atoms with Gasteiger partial charge >= 0.3 is 5.76 Å². The fourth-order valence-corrected chi connectivity index (χ4v) is 3.85. The molecule has 0 aliphatic heterocycles. The highest BCUT2D eigenvalue weighted by molar-refractivity contribution is 5.95. The summed E-state index contributed by atoms with van der Waals surface area (Å²) in [5.41, 5.74) is 3.93. The van der Waals surface area contributed by atoms with E-state index in [0.717, 1.165) is 11.1 Å². The first kappa shape index (κ1) is 24.6. The molecule has 0 saturated heterocycles. The standard InChI is InChI=1S/C26H25FN4O5/c1-14-10-21(35-13-22-29-26(34)36-30-22)23(27)15(2)19(14)12-18-8-9-20(32)24(28-18)16-6-5-7-17(11-16)25(33)31(3)4/h5-11,32H,12-13H2,1-4H3,(H,29,30,34). The van der Waals surface area contributed by atoms with Crippen LogP contribution < -0.4 is 10.5 Å². The van der Waals surface area contributed by atoms with Gasteiger partial charge in [-0.05, 0) is 60.9 Å². The smallest absolute Gasteiger partial charge is 0.439 e. The molecule has 0 aliphatic rings. The van der Waals surface area contributed by atoms with E-state index in [0.29, 0.717) is 34.5 Å². The van der Waals surface area contributed by atoms with Crippen LogP contribution >= 0.6 is 0 Å². The Balaban J connectivity index is 1.61.